The fourth-order valence-electron chi connectivity index (χ4n) is 5.35. The van der Waals surface area contributed by atoms with Crippen molar-refractivity contribution in [2.45, 2.75) is 9.79 Å². The van der Waals surface area contributed by atoms with E-state index in [1.54, 1.807) is 0 Å². The lowest BCUT2D eigenvalue weighted by Gasteiger charge is -2.14. The molecule has 8 rings (SSSR count). The lowest BCUT2D eigenvalue weighted by atomic mass is 10.0. The van der Waals surface area contributed by atoms with Crippen molar-refractivity contribution >= 4 is 55.2 Å². The Labute approximate surface area is 199 Å². The number of hydrogen-bond acceptors (Lipinski definition) is 3. The second-order valence-electron chi connectivity index (χ2n) is 8.66. The van der Waals surface area contributed by atoms with E-state index in [4.69, 9.17) is 9.97 Å². The summed E-state index contributed by atoms with van der Waals surface area (Å²) < 4.78 is 2.25. The third-order valence-corrected chi connectivity index (χ3v) is 7.90. The molecule has 0 bridgehead atoms. The summed E-state index contributed by atoms with van der Waals surface area (Å²) in [5, 5.41) is 6.26. The van der Waals surface area contributed by atoms with E-state index in [-0.39, 0.29) is 0 Å². The van der Waals surface area contributed by atoms with E-state index in [0.717, 1.165) is 33.2 Å². The van der Waals surface area contributed by atoms with E-state index < -0.39 is 0 Å². The summed E-state index contributed by atoms with van der Waals surface area (Å²) in [4.78, 5) is 12.9. The zero-order valence-corrected chi connectivity index (χ0v) is 18.9. The molecule has 5 aromatic carbocycles. The van der Waals surface area contributed by atoms with Crippen molar-refractivity contribution in [3.63, 3.8) is 0 Å². The molecule has 4 heteroatoms. The molecule has 0 saturated carbocycles. The lowest BCUT2D eigenvalue weighted by molar-refractivity contribution is 1.01. The average molecular weight is 452 g/mol. The molecule has 158 valence electrons. The first-order valence-electron chi connectivity index (χ1n) is 11.4. The van der Waals surface area contributed by atoms with Crippen molar-refractivity contribution < 1.29 is 0 Å². The van der Waals surface area contributed by atoms with Crippen LogP contribution >= 0.6 is 11.8 Å². The normalized spacial score (nSPS) is 12.6. The first kappa shape index (κ1) is 18.3. The van der Waals surface area contributed by atoms with Gasteiger partial charge in [-0.15, -0.1) is 0 Å². The van der Waals surface area contributed by atoms with Crippen LogP contribution in [0.25, 0.3) is 60.7 Å². The van der Waals surface area contributed by atoms with Gasteiger partial charge in [-0.05, 0) is 35.7 Å². The van der Waals surface area contributed by atoms with Crippen LogP contribution in [0.1, 0.15) is 0 Å². The predicted octanol–water partition coefficient (Wildman–Crippen LogP) is 8.01. The monoisotopic (exact) mass is 451 g/mol. The Morgan fingerprint density at radius 3 is 2.24 bits per heavy atom. The van der Waals surface area contributed by atoms with E-state index >= 15 is 0 Å². The summed E-state index contributed by atoms with van der Waals surface area (Å²) in [5.41, 5.74) is 5.30. The van der Waals surface area contributed by atoms with Gasteiger partial charge in [-0.2, -0.15) is 0 Å². The molecule has 0 saturated heterocycles. The number of para-hydroxylation sites is 1. The Morgan fingerprint density at radius 1 is 0.559 bits per heavy atom. The molecular formula is C30H17N3S. The molecular weight excluding hydrogens is 434 g/mol. The molecule has 1 aliphatic heterocycles. The minimum Gasteiger partial charge on any atom is -0.278 e. The number of rotatable bonds is 2. The summed E-state index contributed by atoms with van der Waals surface area (Å²) in [5.74, 6) is 0.707. The highest BCUT2D eigenvalue weighted by atomic mass is 32.2. The number of benzene rings is 5. The molecule has 0 radical (unpaired) electrons. The van der Waals surface area contributed by atoms with E-state index in [0.29, 0.717) is 5.95 Å². The van der Waals surface area contributed by atoms with E-state index in [9.17, 15) is 0 Å². The maximum atomic E-state index is 5.19. The minimum absolute atomic E-state index is 0.707. The number of aromatic nitrogens is 3. The van der Waals surface area contributed by atoms with E-state index in [1.807, 2.05) is 23.9 Å². The van der Waals surface area contributed by atoms with Gasteiger partial charge in [0, 0.05) is 36.9 Å². The van der Waals surface area contributed by atoms with Gasteiger partial charge in [0.05, 0.1) is 22.2 Å². The third-order valence-electron chi connectivity index (χ3n) is 6.78. The molecule has 7 aromatic rings. The third kappa shape index (κ3) is 2.38. The van der Waals surface area contributed by atoms with Crippen LogP contribution in [0.2, 0.25) is 0 Å². The van der Waals surface area contributed by atoms with Crippen molar-refractivity contribution in [1.29, 1.82) is 0 Å². The fourth-order valence-corrected chi connectivity index (χ4v) is 6.51. The largest absolute Gasteiger partial charge is 0.278 e. The first-order valence-corrected chi connectivity index (χ1v) is 12.2. The molecule has 0 N–H and O–H groups in total. The Kier molecular flexibility index (Phi) is 3.60. The van der Waals surface area contributed by atoms with Gasteiger partial charge in [-0.1, -0.05) is 84.6 Å². The van der Waals surface area contributed by atoms with Gasteiger partial charge in [-0.3, -0.25) is 4.57 Å². The Bertz CT molecular complexity index is 1940. The van der Waals surface area contributed by atoms with Gasteiger partial charge >= 0.3 is 0 Å². The summed E-state index contributed by atoms with van der Waals surface area (Å²) in [6.45, 7) is 0. The maximum absolute atomic E-state index is 5.19. The van der Waals surface area contributed by atoms with Crippen LogP contribution in [0.5, 0.6) is 0 Å². The molecule has 1 aliphatic rings. The SMILES string of the molecule is c1ccc(-c2nc(-n3c4cccc5c4c4c6c(cccc6ccc43)S5)nc3ccccc23)cc1. The standard InChI is InChI=1S/C30H17N3S/c1-2-8-19(9-3-1)29-20-11-4-5-12-21(20)31-30(32-29)33-22-13-7-15-25-27(22)28-23(33)17-16-18-10-6-14-24(34-25)26(18)28/h1-17H. The molecule has 34 heavy (non-hydrogen) atoms. The number of hydrogen-bond donors (Lipinski definition) is 0. The zero-order chi connectivity index (χ0) is 22.2. The molecule has 3 heterocycles. The highest BCUT2D eigenvalue weighted by molar-refractivity contribution is 8.00. The molecule has 0 fully saturated rings. The molecule has 2 aromatic heterocycles. The van der Waals surface area contributed by atoms with Crippen molar-refractivity contribution in [3.8, 4) is 17.2 Å². The quantitative estimate of drug-likeness (QED) is 0.267. The summed E-state index contributed by atoms with van der Waals surface area (Å²) >= 11 is 1.85. The average Bonchev–Trinajstić information content (AvgIpc) is 3.24. The fraction of sp³-hybridized carbons (Fsp3) is 0. The Hall–Kier alpha value is -4.15. The zero-order valence-electron chi connectivity index (χ0n) is 18.1. The highest BCUT2D eigenvalue weighted by Crippen LogP contribution is 2.49. The van der Waals surface area contributed by atoms with Gasteiger partial charge in [0.2, 0.25) is 5.95 Å². The minimum atomic E-state index is 0.707. The Morgan fingerprint density at radius 2 is 1.32 bits per heavy atom. The van der Waals surface area contributed by atoms with Gasteiger partial charge < -0.3 is 0 Å². The van der Waals surface area contributed by atoms with Gasteiger partial charge in [-0.25, -0.2) is 9.97 Å². The van der Waals surface area contributed by atoms with Crippen molar-refractivity contribution in [2.75, 3.05) is 0 Å². The number of fused-ring (bicyclic) bond motifs is 1. The smallest absolute Gasteiger partial charge is 0.235 e. The summed E-state index contributed by atoms with van der Waals surface area (Å²) in [7, 11) is 0. The van der Waals surface area contributed by atoms with Gasteiger partial charge in [0.1, 0.15) is 0 Å². The van der Waals surface area contributed by atoms with Crippen LogP contribution in [-0.4, -0.2) is 14.5 Å². The second-order valence-corrected chi connectivity index (χ2v) is 9.74. The maximum Gasteiger partial charge on any atom is 0.235 e. The Balaban J connectivity index is 1.56. The van der Waals surface area contributed by atoms with E-state index in [1.165, 1.54) is 31.3 Å². The van der Waals surface area contributed by atoms with Crippen LogP contribution in [0, 0.1) is 0 Å². The van der Waals surface area contributed by atoms with Crippen LogP contribution in [0.4, 0.5) is 0 Å². The first-order chi connectivity index (χ1) is 16.9. The van der Waals surface area contributed by atoms with Crippen LogP contribution in [-0.2, 0) is 0 Å². The van der Waals surface area contributed by atoms with Crippen molar-refractivity contribution in [1.82, 2.24) is 14.5 Å². The molecule has 0 spiro atoms. The predicted molar refractivity (Wildman–Crippen MR) is 141 cm³/mol. The molecule has 0 unspecified atom stereocenters. The molecule has 0 amide bonds. The lowest BCUT2D eigenvalue weighted by Crippen LogP contribution is -2.03. The van der Waals surface area contributed by atoms with Gasteiger partial charge in [0.25, 0.3) is 0 Å². The molecule has 0 atom stereocenters. The highest BCUT2D eigenvalue weighted by Gasteiger charge is 2.24. The van der Waals surface area contributed by atoms with Crippen LogP contribution < -0.4 is 0 Å². The second kappa shape index (κ2) is 6.69. The van der Waals surface area contributed by atoms with Crippen molar-refractivity contribution in [2.24, 2.45) is 0 Å². The van der Waals surface area contributed by atoms with Crippen LogP contribution in [0.3, 0.4) is 0 Å². The molecule has 3 nitrogen and oxygen atoms in total. The topological polar surface area (TPSA) is 30.7 Å². The van der Waals surface area contributed by atoms with Gasteiger partial charge in [0.15, 0.2) is 0 Å². The number of nitrogens with zero attached hydrogens (tertiary/aromatic N) is 3. The van der Waals surface area contributed by atoms with E-state index in [2.05, 4.69) is 95.6 Å². The summed E-state index contributed by atoms with van der Waals surface area (Å²) in [6.07, 6.45) is 0. The van der Waals surface area contributed by atoms with Crippen molar-refractivity contribution in [3.05, 3.63) is 103 Å². The van der Waals surface area contributed by atoms with Crippen LogP contribution in [0.15, 0.2) is 113 Å². The summed E-state index contributed by atoms with van der Waals surface area (Å²) in [6, 6.07) is 36.3. The molecule has 0 aliphatic carbocycles.